The molecule has 1 amide bonds. The molecule has 21 heavy (non-hydrogen) atoms. The maximum atomic E-state index is 12.4. The van der Waals surface area contributed by atoms with Crippen molar-refractivity contribution in [3.05, 3.63) is 63.9 Å². The molecule has 110 valence electrons. The summed E-state index contributed by atoms with van der Waals surface area (Å²) in [7, 11) is 1.79. The highest BCUT2D eigenvalue weighted by Gasteiger charge is 2.13. The van der Waals surface area contributed by atoms with Crippen LogP contribution < -0.4 is 0 Å². The predicted octanol–water partition coefficient (Wildman–Crippen LogP) is 3.88. The van der Waals surface area contributed by atoms with Crippen LogP contribution in [0.3, 0.4) is 0 Å². The Morgan fingerprint density at radius 3 is 2.38 bits per heavy atom. The van der Waals surface area contributed by atoms with Gasteiger partial charge < -0.3 is 4.90 Å². The monoisotopic (exact) mass is 302 g/mol. The molecular weight excluding hydrogens is 284 g/mol. The van der Waals surface area contributed by atoms with E-state index in [9.17, 15) is 4.79 Å². The van der Waals surface area contributed by atoms with E-state index in [0.29, 0.717) is 17.3 Å². The summed E-state index contributed by atoms with van der Waals surface area (Å²) in [6.45, 7) is 4.52. The van der Waals surface area contributed by atoms with Crippen LogP contribution in [0.4, 0.5) is 0 Å². The van der Waals surface area contributed by atoms with Crippen molar-refractivity contribution in [1.82, 2.24) is 9.88 Å². The molecule has 0 atom stereocenters. The summed E-state index contributed by atoms with van der Waals surface area (Å²) in [5.41, 5.74) is 3.72. The third-order valence-corrected chi connectivity index (χ3v) is 3.56. The van der Waals surface area contributed by atoms with Gasteiger partial charge in [-0.1, -0.05) is 42.8 Å². The van der Waals surface area contributed by atoms with Crippen molar-refractivity contribution in [1.29, 1.82) is 0 Å². The molecule has 0 aliphatic heterocycles. The van der Waals surface area contributed by atoms with Gasteiger partial charge in [-0.2, -0.15) is 0 Å². The Morgan fingerprint density at radius 2 is 1.81 bits per heavy atom. The van der Waals surface area contributed by atoms with Crippen LogP contribution in [0.5, 0.6) is 0 Å². The third-order valence-electron chi connectivity index (χ3n) is 3.37. The van der Waals surface area contributed by atoms with E-state index in [2.05, 4.69) is 36.2 Å². The van der Waals surface area contributed by atoms with E-state index in [4.69, 9.17) is 11.6 Å². The Balaban J connectivity index is 2.11. The molecule has 0 aliphatic carbocycles. The minimum absolute atomic E-state index is 0.0537. The number of benzene rings is 1. The molecule has 0 radical (unpaired) electrons. The van der Waals surface area contributed by atoms with E-state index >= 15 is 0 Å². The molecule has 0 aliphatic rings. The van der Waals surface area contributed by atoms with Crippen molar-refractivity contribution in [3.8, 4) is 0 Å². The summed E-state index contributed by atoms with van der Waals surface area (Å²) in [6.07, 6.45) is 1.02. The van der Waals surface area contributed by atoms with Crippen molar-refractivity contribution < 1.29 is 4.79 Å². The molecule has 0 N–H and O–H groups in total. The Bertz CT molecular complexity index is 617. The number of hydrogen-bond acceptors (Lipinski definition) is 2. The van der Waals surface area contributed by atoms with Gasteiger partial charge >= 0.3 is 0 Å². The second-order valence-corrected chi connectivity index (χ2v) is 5.54. The maximum Gasteiger partial charge on any atom is 0.254 e. The summed E-state index contributed by atoms with van der Waals surface area (Å²) in [5.74, 6) is -0.0537. The molecule has 3 nitrogen and oxygen atoms in total. The molecule has 1 aromatic heterocycles. The Labute approximate surface area is 130 Å². The maximum absolute atomic E-state index is 12.4. The van der Waals surface area contributed by atoms with Crippen LogP contribution in [-0.4, -0.2) is 22.8 Å². The Kier molecular flexibility index (Phi) is 4.97. The number of nitrogens with zero attached hydrogens (tertiary/aromatic N) is 2. The molecule has 0 fully saturated rings. The number of amides is 1. The number of hydrogen-bond donors (Lipinski definition) is 0. The summed E-state index contributed by atoms with van der Waals surface area (Å²) < 4.78 is 0. The first-order valence-corrected chi connectivity index (χ1v) is 7.35. The first kappa shape index (κ1) is 15.5. The van der Waals surface area contributed by atoms with Gasteiger partial charge in [0.05, 0.1) is 0 Å². The second kappa shape index (κ2) is 6.72. The standard InChI is InChI=1S/C17H19ClN2O/c1-4-13-5-7-14(8-6-13)11-20(3)17(21)15-9-12(2)19-16(18)10-15/h5-10H,4,11H2,1-3H3. The Morgan fingerprint density at radius 1 is 1.19 bits per heavy atom. The molecule has 1 heterocycles. The molecule has 0 saturated carbocycles. The van der Waals surface area contributed by atoms with Crippen molar-refractivity contribution in [2.24, 2.45) is 0 Å². The lowest BCUT2D eigenvalue weighted by molar-refractivity contribution is 0.0785. The van der Waals surface area contributed by atoms with Crippen molar-refractivity contribution >= 4 is 17.5 Å². The van der Waals surface area contributed by atoms with Gasteiger partial charge in [0.15, 0.2) is 0 Å². The van der Waals surface area contributed by atoms with E-state index < -0.39 is 0 Å². The first-order valence-electron chi connectivity index (χ1n) is 6.97. The first-order chi connectivity index (χ1) is 9.99. The topological polar surface area (TPSA) is 33.2 Å². The van der Waals surface area contributed by atoms with E-state index in [0.717, 1.165) is 17.7 Å². The number of rotatable bonds is 4. The quantitative estimate of drug-likeness (QED) is 0.803. The molecule has 0 saturated heterocycles. The smallest absolute Gasteiger partial charge is 0.254 e. The van der Waals surface area contributed by atoms with Gasteiger partial charge in [0, 0.05) is 24.8 Å². The fourth-order valence-electron chi connectivity index (χ4n) is 2.20. The fourth-order valence-corrected chi connectivity index (χ4v) is 2.45. The average Bonchev–Trinajstić information content (AvgIpc) is 2.46. The van der Waals surface area contributed by atoms with Gasteiger partial charge in [-0.05, 0) is 36.6 Å². The number of aryl methyl sites for hydroxylation is 2. The molecule has 2 aromatic rings. The summed E-state index contributed by atoms with van der Waals surface area (Å²) in [4.78, 5) is 18.2. The zero-order valence-electron chi connectivity index (χ0n) is 12.6. The highest BCUT2D eigenvalue weighted by molar-refractivity contribution is 6.29. The molecule has 4 heteroatoms. The van der Waals surface area contributed by atoms with E-state index in [1.54, 1.807) is 24.1 Å². The van der Waals surface area contributed by atoms with Crippen LogP contribution in [0.2, 0.25) is 5.15 Å². The normalized spacial score (nSPS) is 10.5. The number of carbonyl (C=O) groups is 1. The molecule has 2 rings (SSSR count). The van der Waals surface area contributed by atoms with Gasteiger partial charge in [0.2, 0.25) is 0 Å². The van der Waals surface area contributed by atoms with Crippen molar-refractivity contribution in [2.45, 2.75) is 26.8 Å². The van der Waals surface area contributed by atoms with Crippen LogP contribution in [-0.2, 0) is 13.0 Å². The minimum atomic E-state index is -0.0537. The number of pyridine rings is 1. The van der Waals surface area contributed by atoms with Crippen LogP contribution in [0, 0.1) is 6.92 Å². The van der Waals surface area contributed by atoms with Crippen LogP contribution in [0.15, 0.2) is 36.4 Å². The lowest BCUT2D eigenvalue weighted by Gasteiger charge is -2.18. The van der Waals surface area contributed by atoms with Gasteiger partial charge in [-0.15, -0.1) is 0 Å². The average molecular weight is 303 g/mol. The van der Waals surface area contributed by atoms with Gasteiger partial charge in [-0.3, -0.25) is 4.79 Å². The largest absolute Gasteiger partial charge is 0.337 e. The predicted molar refractivity (Wildman–Crippen MR) is 85.6 cm³/mol. The van der Waals surface area contributed by atoms with Crippen molar-refractivity contribution in [3.63, 3.8) is 0 Å². The molecule has 0 bridgehead atoms. The van der Waals surface area contributed by atoms with Gasteiger partial charge in [0.1, 0.15) is 5.15 Å². The van der Waals surface area contributed by atoms with E-state index in [1.165, 1.54) is 5.56 Å². The lowest BCUT2D eigenvalue weighted by atomic mass is 10.1. The molecule has 1 aromatic carbocycles. The van der Waals surface area contributed by atoms with Crippen LogP contribution in [0.1, 0.15) is 34.1 Å². The summed E-state index contributed by atoms with van der Waals surface area (Å²) >= 11 is 5.91. The van der Waals surface area contributed by atoms with Crippen molar-refractivity contribution in [2.75, 3.05) is 7.05 Å². The zero-order chi connectivity index (χ0) is 15.4. The molecular formula is C17H19ClN2O. The van der Waals surface area contributed by atoms with Crippen LogP contribution >= 0.6 is 11.6 Å². The number of carbonyl (C=O) groups excluding carboxylic acids is 1. The number of aromatic nitrogens is 1. The fraction of sp³-hybridized carbons (Fsp3) is 0.294. The molecule has 0 unspecified atom stereocenters. The minimum Gasteiger partial charge on any atom is -0.337 e. The zero-order valence-corrected chi connectivity index (χ0v) is 13.3. The lowest BCUT2D eigenvalue weighted by Crippen LogP contribution is -2.26. The second-order valence-electron chi connectivity index (χ2n) is 5.15. The van der Waals surface area contributed by atoms with E-state index in [-0.39, 0.29) is 5.91 Å². The number of halogens is 1. The van der Waals surface area contributed by atoms with E-state index in [1.807, 2.05) is 6.92 Å². The van der Waals surface area contributed by atoms with Gasteiger partial charge in [-0.25, -0.2) is 4.98 Å². The Hall–Kier alpha value is -1.87. The summed E-state index contributed by atoms with van der Waals surface area (Å²) in [6, 6.07) is 11.7. The summed E-state index contributed by atoms with van der Waals surface area (Å²) in [5, 5.41) is 0.346. The van der Waals surface area contributed by atoms with Crippen LogP contribution in [0.25, 0.3) is 0 Å². The van der Waals surface area contributed by atoms with Gasteiger partial charge in [0.25, 0.3) is 5.91 Å². The third kappa shape index (κ3) is 4.05. The highest BCUT2D eigenvalue weighted by atomic mass is 35.5. The highest BCUT2D eigenvalue weighted by Crippen LogP contribution is 2.14. The molecule has 0 spiro atoms. The SMILES string of the molecule is CCc1ccc(CN(C)C(=O)c2cc(C)nc(Cl)c2)cc1.